The molecule has 4 rings (SSSR count). The number of phenols is 1. The molecule has 0 aliphatic carbocycles. The number of fused-ring (bicyclic) bond motifs is 1. The molecule has 1 aliphatic heterocycles. The van der Waals surface area contributed by atoms with Gasteiger partial charge in [0, 0.05) is 48.1 Å². The Bertz CT molecular complexity index is 1210. The third-order valence-corrected chi connectivity index (χ3v) is 7.00. The van der Waals surface area contributed by atoms with Gasteiger partial charge in [-0.05, 0) is 64.0 Å². The van der Waals surface area contributed by atoms with E-state index in [2.05, 4.69) is 111 Å². The first-order valence-corrected chi connectivity index (χ1v) is 11.9. The average molecular weight is 440 g/mol. The quantitative estimate of drug-likeness (QED) is 0.426. The van der Waals surface area contributed by atoms with Crippen molar-refractivity contribution in [3.63, 3.8) is 0 Å². The zero-order valence-corrected chi connectivity index (χ0v) is 20.5. The molecule has 0 saturated heterocycles. The van der Waals surface area contributed by atoms with Crippen LogP contribution in [0.15, 0.2) is 72.8 Å². The predicted octanol–water partition coefficient (Wildman–Crippen LogP) is 6.49. The normalized spacial score (nSPS) is 17.6. The van der Waals surface area contributed by atoms with Gasteiger partial charge in [-0.25, -0.2) is 0 Å². The Hall–Kier alpha value is -3.33. The molecule has 3 aromatic carbocycles. The largest absolute Gasteiger partial charge is 0.507 e. The Labute approximate surface area is 198 Å². The fourth-order valence-electron chi connectivity index (χ4n) is 5.13. The molecule has 1 atom stereocenters. The van der Waals surface area contributed by atoms with Gasteiger partial charge >= 0.3 is 0 Å². The number of aryl methyl sites for hydroxylation is 1. The summed E-state index contributed by atoms with van der Waals surface area (Å²) in [6.07, 6.45) is 5.15. The second-order valence-corrected chi connectivity index (χ2v) is 9.21. The molecule has 3 heteroatoms. The number of hydrogen-bond acceptors (Lipinski definition) is 2. The molecule has 33 heavy (non-hydrogen) atoms. The van der Waals surface area contributed by atoms with Crippen LogP contribution in [0.3, 0.4) is 0 Å². The number of aromatic hydroxyl groups is 1. The number of anilines is 1. The van der Waals surface area contributed by atoms with E-state index in [9.17, 15) is 5.11 Å². The van der Waals surface area contributed by atoms with Crippen molar-refractivity contribution in [2.75, 3.05) is 25.0 Å². The minimum Gasteiger partial charge on any atom is -0.507 e. The van der Waals surface area contributed by atoms with Crippen molar-refractivity contribution in [1.29, 1.82) is 0 Å². The molecule has 1 aliphatic rings. The predicted molar refractivity (Wildman–Crippen MR) is 140 cm³/mol. The van der Waals surface area contributed by atoms with Gasteiger partial charge in [-0.1, -0.05) is 42.0 Å². The van der Waals surface area contributed by atoms with Gasteiger partial charge in [-0.3, -0.25) is 0 Å². The second kappa shape index (κ2) is 9.27. The third-order valence-electron chi connectivity index (χ3n) is 7.00. The van der Waals surface area contributed by atoms with Crippen LogP contribution in [0.2, 0.25) is 0 Å². The van der Waals surface area contributed by atoms with E-state index in [1.165, 1.54) is 28.1 Å². The molecule has 0 radical (unpaired) electrons. The molecule has 3 aromatic rings. The van der Waals surface area contributed by atoms with Crippen molar-refractivity contribution < 1.29 is 9.68 Å². The third kappa shape index (κ3) is 4.32. The zero-order valence-electron chi connectivity index (χ0n) is 20.5. The SMILES string of the molecule is CCN(CC)c1ccc(/C=C/C2=[N+](C)c3ccc(C)cc3C2(C)Cc2ccccc2)c(O)c1. The van der Waals surface area contributed by atoms with E-state index < -0.39 is 0 Å². The average Bonchev–Trinajstić information content (AvgIpc) is 3.00. The maximum absolute atomic E-state index is 10.7. The topological polar surface area (TPSA) is 26.5 Å². The van der Waals surface area contributed by atoms with Crippen LogP contribution in [0.4, 0.5) is 11.4 Å². The Morgan fingerprint density at radius 3 is 2.33 bits per heavy atom. The molecule has 0 saturated carbocycles. The minimum absolute atomic E-state index is 0.162. The molecule has 0 spiro atoms. The number of benzene rings is 3. The number of rotatable bonds is 7. The lowest BCUT2D eigenvalue weighted by Crippen LogP contribution is -2.33. The van der Waals surface area contributed by atoms with Crippen molar-refractivity contribution in [3.8, 4) is 5.75 Å². The Balaban J connectivity index is 1.74. The van der Waals surface area contributed by atoms with Gasteiger partial charge in [0.1, 0.15) is 12.8 Å². The first kappa shape index (κ1) is 22.8. The summed E-state index contributed by atoms with van der Waals surface area (Å²) in [7, 11) is 2.15. The van der Waals surface area contributed by atoms with E-state index in [-0.39, 0.29) is 5.41 Å². The van der Waals surface area contributed by atoms with Crippen LogP contribution in [0.1, 0.15) is 43.0 Å². The van der Waals surface area contributed by atoms with E-state index in [0.29, 0.717) is 5.75 Å². The lowest BCUT2D eigenvalue weighted by molar-refractivity contribution is -0.401. The molecule has 0 fully saturated rings. The van der Waals surface area contributed by atoms with Crippen molar-refractivity contribution in [3.05, 3.63) is 95.1 Å². The van der Waals surface area contributed by atoms with Gasteiger partial charge < -0.3 is 10.0 Å². The smallest absolute Gasteiger partial charge is 0.209 e. The number of nitrogens with zero attached hydrogens (tertiary/aromatic N) is 2. The summed E-state index contributed by atoms with van der Waals surface area (Å²) in [5, 5.41) is 10.7. The lowest BCUT2D eigenvalue weighted by atomic mass is 9.74. The summed E-state index contributed by atoms with van der Waals surface area (Å²) in [5.41, 5.74) is 8.16. The summed E-state index contributed by atoms with van der Waals surface area (Å²) in [4.78, 5) is 2.24. The standard InChI is InChI=1S/C30H34N2O/c1-6-32(7-2)25-16-14-24(28(33)20-25)15-18-29-30(4,21-23-11-9-8-10-12-23)26-19-22(3)13-17-27(26)31(29)5/h8-20H,6-7,21H2,1-5H3/p+1. The van der Waals surface area contributed by atoms with Crippen molar-refractivity contribution in [2.45, 2.75) is 39.5 Å². The van der Waals surface area contributed by atoms with E-state index in [1.807, 2.05) is 12.1 Å². The molecule has 0 bridgehead atoms. The fourth-order valence-corrected chi connectivity index (χ4v) is 5.13. The van der Waals surface area contributed by atoms with Gasteiger partial charge in [-0.2, -0.15) is 4.58 Å². The fraction of sp³-hybridized carbons (Fsp3) is 0.300. The highest BCUT2D eigenvalue weighted by Gasteiger charge is 2.46. The number of hydrogen-bond donors (Lipinski definition) is 1. The van der Waals surface area contributed by atoms with Gasteiger partial charge in [0.25, 0.3) is 0 Å². The molecular formula is C30H35N2O+. The molecule has 1 unspecified atom stereocenters. The highest BCUT2D eigenvalue weighted by molar-refractivity contribution is 6.06. The zero-order chi connectivity index (χ0) is 23.6. The van der Waals surface area contributed by atoms with E-state index in [4.69, 9.17) is 0 Å². The van der Waals surface area contributed by atoms with Crippen LogP contribution in [-0.2, 0) is 11.8 Å². The van der Waals surface area contributed by atoms with Crippen LogP contribution in [0, 0.1) is 6.92 Å². The highest BCUT2D eigenvalue weighted by Crippen LogP contribution is 2.42. The summed E-state index contributed by atoms with van der Waals surface area (Å²) in [6, 6.07) is 23.4. The maximum Gasteiger partial charge on any atom is 0.209 e. The van der Waals surface area contributed by atoms with Crippen molar-refractivity contribution in [2.24, 2.45) is 0 Å². The highest BCUT2D eigenvalue weighted by atomic mass is 16.3. The van der Waals surface area contributed by atoms with Gasteiger partial charge in [0.15, 0.2) is 5.71 Å². The first-order chi connectivity index (χ1) is 15.9. The second-order valence-electron chi connectivity index (χ2n) is 9.21. The molecule has 170 valence electrons. The summed E-state index contributed by atoms with van der Waals surface area (Å²) in [6.45, 7) is 10.6. The van der Waals surface area contributed by atoms with Crippen LogP contribution in [0.25, 0.3) is 6.08 Å². The Kier molecular flexibility index (Phi) is 6.42. The molecule has 1 N–H and O–H groups in total. The first-order valence-electron chi connectivity index (χ1n) is 11.9. The van der Waals surface area contributed by atoms with E-state index in [1.54, 1.807) is 0 Å². The number of allylic oxidation sites excluding steroid dienone is 1. The van der Waals surface area contributed by atoms with Gasteiger partial charge in [0.05, 0.1) is 5.41 Å². The van der Waals surface area contributed by atoms with Crippen LogP contribution >= 0.6 is 0 Å². The number of phenolic OH excluding ortho intramolecular Hbond substituents is 1. The van der Waals surface area contributed by atoms with E-state index in [0.717, 1.165) is 30.8 Å². The monoisotopic (exact) mass is 439 g/mol. The molecular weight excluding hydrogens is 404 g/mol. The van der Waals surface area contributed by atoms with E-state index >= 15 is 0 Å². The van der Waals surface area contributed by atoms with Crippen LogP contribution < -0.4 is 4.90 Å². The lowest BCUT2D eigenvalue weighted by Gasteiger charge is -2.23. The molecule has 0 amide bonds. The molecule has 1 heterocycles. The molecule has 3 nitrogen and oxygen atoms in total. The van der Waals surface area contributed by atoms with Gasteiger partial charge in [-0.15, -0.1) is 0 Å². The van der Waals surface area contributed by atoms with Gasteiger partial charge in [0.2, 0.25) is 5.69 Å². The Morgan fingerprint density at radius 2 is 1.67 bits per heavy atom. The summed E-state index contributed by atoms with van der Waals surface area (Å²) < 4.78 is 2.30. The Morgan fingerprint density at radius 1 is 0.939 bits per heavy atom. The summed E-state index contributed by atoms with van der Waals surface area (Å²) in [5.74, 6) is 0.315. The van der Waals surface area contributed by atoms with Crippen molar-refractivity contribution >= 4 is 23.2 Å². The maximum atomic E-state index is 10.7. The minimum atomic E-state index is -0.162. The van der Waals surface area contributed by atoms with Crippen molar-refractivity contribution in [1.82, 2.24) is 0 Å². The van der Waals surface area contributed by atoms with Crippen LogP contribution in [-0.4, -0.2) is 35.5 Å². The van der Waals surface area contributed by atoms with Crippen LogP contribution in [0.5, 0.6) is 5.75 Å². The molecule has 0 aromatic heterocycles. The summed E-state index contributed by atoms with van der Waals surface area (Å²) >= 11 is 0.